The van der Waals surface area contributed by atoms with E-state index in [1.54, 1.807) is 23.0 Å². The van der Waals surface area contributed by atoms with Crippen LogP contribution in [0, 0.1) is 17.5 Å². The average Bonchev–Trinajstić information content (AvgIpc) is 3.54. The molecule has 6 rings (SSSR count). The second-order valence-electron chi connectivity index (χ2n) is 9.62. The van der Waals surface area contributed by atoms with E-state index in [0.717, 1.165) is 32.0 Å². The summed E-state index contributed by atoms with van der Waals surface area (Å²) in [4.78, 5) is 25.7. The monoisotopic (exact) mass is 521 g/mol. The second-order valence-corrected chi connectivity index (χ2v) is 9.62. The summed E-state index contributed by atoms with van der Waals surface area (Å²) in [5.41, 5.74) is 1.94. The molecule has 0 unspecified atom stereocenters. The SMILES string of the molecule is CN(C)C1CCN(c2nc(NCc3nc4c(F)c(F)ccc4[nH]3)c3ncn(-c4cccc(F)c4)c3n2)CC1. The number of rotatable bonds is 6. The second kappa shape index (κ2) is 9.60. The van der Waals surface area contributed by atoms with Crippen LogP contribution in [-0.4, -0.2) is 67.6 Å². The van der Waals surface area contributed by atoms with Crippen molar-refractivity contribution in [1.82, 2.24) is 34.4 Å². The van der Waals surface area contributed by atoms with E-state index in [1.807, 2.05) is 0 Å². The molecule has 0 radical (unpaired) electrons. The molecule has 0 saturated carbocycles. The largest absolute Gasteiger partial charge is 0.361 e. The van der Waals surface area contributed by atoms with Gasteiger partial charge in [0.25, 0.3) is 0 Å². The summed E-state index contributed by atoms with van der Waals surface area (Å²) in [6, 6.07) is 9.21. The lowest BCUT2D eigenvalue weighted by Crippen LogP contribution is -2.42. The minimum Gasteiger partial charge on any atom is -0.361 e. The predicted octanol–water partition coefficient (Wildman–Crippen LogP) is 4.25. The van der Waals surface area contributed by atoms with Gasteiger partial charge in [-0.3, -0.25) is 4.57 Å². The Labute approximate surface area is 216 Å². The summed E-state index contributed by atoms with van der Waals surface area (Å²) < 4.78 is 43.5. The summed E-state index contributed by atoms with van der Waals surface area (Å²) in [5.74, 6) is -0.904. The molecular weight excluding hydrogens is 495 g/mol. The zero-order chi connectivity index (χ0) is 26.4. The number of aromatic amines is 1. The number of hydrogen-bond acceptors (Lipinski definition) is 7. The van der Waals surface area contributed by atoms with E-state index >= 15 is 0 Å². The van der Waals surface area contributed by atoms with E-state index in [1.165, 1.54) is 18.2 Å². The molecule has 0 atom stereocenters. The van der Waals surface area contributed by atoms with Gasteiger partial charge in [-0.15, -0.1) is 0 Å². The van der Waals surface area contributed by atoms with Crippen LogP contribution in [0.15, 0.2) is 42.7 Å². The maximum absolute atomic E-state index is 14.2. The molecule has 2 aromatic carbocycles. The molecule has 196 valence electrons. The maximum Gasteiger partial charge on any atom is 0.229 e. The first kappa shape index (κ1) is 24.2. The Kier molecular flexibility index (Phi) is 6.10. The zero-order valence-corrected chi connectivity index (χ0v) is 20.9. The third-order valence-electron chi connectivity index (χ3n) is 6.97. The lowest BCUT2D eigenvalue weighted by Gasteiger charge is -2.35. The fraction of sp³-hybridized carbons (Fsp3) is 0.308. The molecule has 12 heteroatoms. The Bertz CT molecular complexity index is 1620. The first-order chi connectivity index (χ1) is 18.4. The van der Waals surface area contributed by atoms with Crippen LogP contribution < -0.4 is 10.2 Å². The van der Waals surface area contributed by atoms with Crippen molar-refractivity contribution < 1.29 is 13.2 Å². The van der Waals surface area contributed by atoms with Crippen LogP contribution in [0.5, 0.6) is 0 Å². The van der Waals surface area contributed by atoms with Gasteiger partial charge >= 0.3 is 0 Å². The van der Waals surface area contributed by atoms with E-state index < -0.39 is 11.6 Å². The van der Waals surface area contributed by atoms with Gasteiger partial charge in [-0.2, -0.15) is 9.97 Å². The third-order valence-corrected chi connectivity index (χ3v) is 6.97. The minimum absolute atomic E-state index is 0.0607. The molecule has 38 heavy (non-hydrogen) atoms. The van der Waals surface area contributed by atoms with Crippen molar-refractivity contribution in [2.24, 2.45) is 0 Å². The lowest BCUT2D eigenvalue weighted by molar-refractivity contribution is 0.249. The predicted molar refractivity (Wildman–Crippen MR) is 139 cm³/mol. The van der Waals surface area contributed by atoms with Crippen molar-refractivity contribution in [3.63, 3.8) is 0 Å². The molecule has 2 N–H and O–H groups in total. The molecule has 1 saturated heterocycles. The molecule has 0 aliphatic carbocycles. The lowest BCUT2D eigenvalue weighted by atomic mass is 10.0. The molecule has 1 aliphatic rings. The molecule has 0 bridgehead atoms. The minimum atomic E-state index is -0.994. The van der Waals surface area contributed by atoms with Crippen molar-refractivity contribution >= 4 is 34.0 Å². The van der Waals surface area contributed by atoms with Crippen LogP contribution in [-0.2, 0) is 6.54 Å². The molecule has 3 aromatic heterocycles. The highest BCUT2D eigenvalue weighted by Crippen LogP contribution is 2.28. The van der Waals surface area contributed by atoms with Gasteiger partial charge in [-0.05, 0) is 57.3 Å². The van der Waals surface area contributed by atoms with E-state index in [9.17, 15) is 13.2 Å². The van der Waals surface area contributed by atoms with Gasteiger partial charge in [-0.1, -0.05) is 6.07 Å². The topological polar surface area (TPSA) is 90.8 Å². The van der Waals surface area contributed by atoms with Crippen LogP contribution in [0.2, 0.25) is 0 Å². The number of nitrogens with zero attached hydrogens (tertiary/aromatic N) is 7. The number of nitrogens with one attached hydrogen (secondary N) is 2. The zero-order valence-electron chi connectivity index (χ0n) is 20.9. The number of H-pyrrole nitrogens is 1. The molecule has 5 aromatic rings. The molecule has 0 spiro atoms. The van der Waals surface area contributed by atoms with Gasteiger partial charge in [0.05, 0.1) is 17.7 Å². The smallest absolute Gasteiger partial charge is 0.229 e. The van der Waals surface area contributed by atoms with Crippen LogP contribution in [0.25, 0.3) is 27.9 Å². The maximum atomic E-state index is 14.2. The Morgan fingerprint density at radius 3 is 2.61 bits per heavy atom. The van der Waals surface area contributed by atoms with E-state index in [4.69, 9.17) is 9.97 Å². The van der Waals surface area contributed by atoms with Crippen LogP contribution in [0.4, 0.5) is 24.9 Å². The first-order valence-electron chi connectivity index (χ1n) is 12.4. The van der Waals surface area contributed by atoms with Crippen molar-refractivity contribution in [3.05, 3.63) is 66.0 Å². The summed E-state index contributed by atoms with van der Waals surface area (Å²) >= 11 is 0. The molecule has 1 fully saturated rings. The van der Waals surface area contributed by atoms with Gasteiger partial charge in [-0.25, -0.2) is 23.1 Å². The number of hydrogen-bond donors (Lipinski definition) is 2. The van der Waals surface area contributed by atoms with Crippen molar-refractivity contribution in [2.75, 3.05) is 37.4 Å². The van der Waals surface area contributed by atoms with Crippen LogP contribution in [0.1, 0.15) is 18.7 Å². The number of anilines is 2. The highest BCUT2D eigenvalue weighted by molar-refractivity contribution is 5.85. The summed E-state index contributed by atoms with van der Waals surface area (Å²) in [7, 11) is 4.17. The van der Waals surface area contributed by atoms with Gasteiger partial charge < -0.3 is 20.1 Å². The van der Waals surface area contributed by atoms with Crippen molar-refractivity contribution in [2.45, 2.75) is 25.4 Å². The number of halogens is 3. The standard InChI is InChI=1S/C26H26F3N9/c1-36(2)16-8-10-37(11-9-16)26-34-24(30-13-20-32-19-7-6-18(28)21(29)22(19)33-20)23-25(35-26)38(14-31-23)17-5-3-4-15(27)12-17/h3-7,12,14,16H,8-11,13H2,1-2H3,(H,32,33)(H,30,34,35). The van der Waals surface area contributed by atoms with Gasteiger partial charge in [0, 0.05) is 19.1 Å². The van der Waals surface area contributed by atoms with Crippen LogP contribution >= 0.6 is 0 Å². The number of imidazole rings is 2. The Morgan fingerprint density at radius 1 is 1.03 bits per heavy atom. The molecule has 0 amide bonds. The van der Waals surface area contributed by atoms with Crippen molar-refractivity contribution in [3.8, 4) is 5.69 Å². The highest BCUT2D eigenvalue weighted by atomic mass is 19.2. The van der Waals surface area contributed by atoms with Gasteiger partial charge in [0.1, 0.15) is 23.5 Å². The highest BCUT2D eigenvalue weighted by Gasteiger charge is 2.24. The number of aromatic nitrogens is 6. The van der Waals surface area contributed by atoms with E-state index in [0.29, 0.717) is 46.0 Å². The quantitative estimate of drug-likeness (QED) is 0.345. The third kappa shape index (κ3) is 4.40. The number of benzene rings is 2. The molecular formula is C26H26F3N9. The number of fused-ring (bicyclic) bond motifs is 2. The van der Waals surface area contributed by atoms with E-state index in [-0.39, 0.29) is 17.9 Å². The van der Waals surface area contributed by atoms with Gasteiger partial charge in [0.15, 0.2) is 28.6 Å². The molecule has 4 heterocycles. The average molecular weight is 522 g/mol. The summed E-state index contributed by atoms with van der Waals surface area (Å²) in [5, 5.41) is 3.24. The normalized spacial score (nSPS) is 14.7. The van der Waals surface area contributed by atoms with Crippen molar-refractivity contribution in [1.29, 1.82) is 0 Å². The Balaban J connectivity index is 1.37. The Hall–Kier alpha value is -4.19. The first-order valence-corrected chi connectivity index (χ1v) is 12.4. The van der Waals surface area contributed by atoms with Crippen LogP contribution in [0.3, 0.4) is 0 Å². The van der Waals surface area contributed by atoms with E-state index in [2.05, 4.69) is 44.2 Å². The van der Waals surface area contributed by atoms with Gasteiger partial charge in [0.2, 0.25) is 5.95 Å². The summed E-state index contributed by atoms with van der Waals surface area (Å²) in [6.07, 6.45) is 3.53. The fourth-order valence-corrected chi connectivity index (χ4v) is 4.87. The molecule has 9 nitrogen and oxygen atoms in total. The number of piperidine rings is 1. The molecule has 1 aliphatic heterocycles. The Morgan fingerprint density at radius 2 is 1.84 bits per heavy atom. The summed E-state index contributed by atoms with van der Waals surface area (Å²) in [6.45, 7) is 1.74. The fourth-order valence-electron chi connectivity index (χ4n) is 4.87.